The summed E-state index contributed by atoms with van der Waals surface area (Å²) in [6, 6.07) is 10.6. The summed E-state index contributed by atoms with van der Waals surface area (Å²) in [5.41, 5.74) is 3.00. The summed E-state index contributed by atoms with van der Waals surface area (Å²) in [5.74, 6) is 0.407. The number of carbonyl (C=O) groups is 3. The van der Waals surface area contributed by atoms with Gasteiger partial charge in [-0.05, 0) is 50.1 Å². The quantitative estimate of drug-likeness (QED) is 0.469. The highest BCUT2D eigenvalue weighted by molar-refractivity contribution is 6.02. The maximum Gasteiger partial charge on any atom is 0.273 e. The lowest BCUT2D eigenvalue weighted by Gasteiger charge is -2.28. The van der Waals surface area contributed by atoms with Crippen molar-refractivity contribution < 1.29 is 28.3 Å². The Morgan fingerprint density at radius 1 is 1.17 bits per heavy atom. The van der Waals surface area contributed by atoms with E-state index in [-0.39, 0.29) is 48.9 Å². The Morgan fingerprint density at radius 2 is 2.00 bits per heavy atom. The first-order chi connectivity index (χ1) is 16.9. The maximum atomic E-state index is 12.8. The highest BCUT2D eigenvalue weighted by Gasteiger charge is 2.28. The SMILES string of the molecule is CCCNC(=O)c1coc(CN2C(=O)COc3ccc(C(=O)COc4ccc(C)cc4C)cc32)n1. The van der Waals surface area contributed by atoms with Crippen LogP contribution < -0.4 is 19.7 Å². The molecule has 0 unspecified atom stereocenters. The summed E-state index contributed by atoms with van der Waals surface area (Å²) in [5, 5.41) is 2.73. The highest BCUT2D eigenvalue weighted by atomic mass is 16.5. The summed E-state index contributed by atoms with van der Waals surface area (Å²) in [7, 11) is 0. The van der Waals surface area contributed by atoms with Crippen LogP contribution in [0.5, 0.6) is 11.5 Å². The minimum absolute atomic E-state index is 0.00699. The predicted molar refractivity (Wildman–Crippen MR) is 128 cm³/mol. The van der Waals surface area contributed by atoms with Crippen LogP contribution in [0.3, 0.4) is 0 Å². The second kappa shape index (κ2) is 10.4. The third kappa shape index (κ3) is 5.51. The normalized spacial score (nSPS) is 12.7. The third-order valence-corrected chi connectivity index (χ3v) is 5.53. The second-order valence-electron chi connectivity index (χ2n) is 8.31. The number of hydrogen-bond donors (Lipinski definition) is 1. The summed E-state index contributed by atoms with van der Waals surface area (Å²) in [6.45, 7) is 6.09. The van der Waals surface area contributed by atoms with E-state index in [0.717, 1.165) is 17.5 Å². The summed E-state index contributed by atoms with van der Waals surface area (Å²) in [4.78, 5) is 43.2. The Balaban J connectivity index is 1.50. The Kier molecular flexibility index (Phi) is 7.14. The molecule has 2 aromatic carbocycles. The molecule has 182 valence electrons. The number of benzene rings is 2. The molecule has 0 saturated heterocycles. The van der Waals surface area contributed by atoms with Crippen molar-refractivity contribution in [3.05, 3.63) is 70.9 Å². The van der Waals surface area contributed by atoms with Crippen LogP contribution >= 0.6 is 0 Å². The molecule has 0 radical (unpaired) electrons. The van der Waals surface area contributed by atoms with Crippen LogP contribution in [0, 0.1) is 13.8 Å². The van der Waals surface area contributed by atoms with Crippen molar-refractivity contribution in [3.63, 3.8) is 0 Å². The number of carbonyl (C=O) groups excluding carboxylic acids is 3. The molecule has 1 aromatic heterocycles. The summed E-state index contributed by atoms with van der Waals surface area (Å²) < 4.78 is 16.7. The number of nitrogens with zero attached hydrogens (tertiary/aromatic N) is 2. The van der Waals surface area contributed by atoms with Gasteiger partial charge in [0.25, 0.3) is 11.8 Å². The first-order valence-corrected chi connectivity index (χ1v) is 11.4. The van der Waals surface area contributed by atoms with E-state index in [1.165, 1.54) is 11.2 Å². The molecular formula is C26H27N3O6. The van der Waals surface area contributed by atoms with Gasteiger partial charge in [0.05, 0.1) is 5.69 Å². The van der Waals surface area contributed by atoms with E-state index >= 15 is 0 Å². The van der Waals surface area contributed by atoms with Gasteiger partial charge < -0.3 is 19.2 Å². The van der Waals surface area contributed by atoms with Gasteiger partial charge in [0.15, 0.2) is 24.7 Å². The topological polar surface area (TPSA) is 111 Å². The molecule has 2 amide bonds. The number of hydrogen-bond acceptors (Lipinski definition) is 7. The van der Waals surface area contributed by atoms with Crippen molar-refractivity contribution in [3.8, 4) is 11.5 Å². The van der Waals surface area contributed by atoms with Gasteiger partial charge in [0.2, 0.25) is 5.89 Å². The smallest absolute Gasteiger partial charge is 0.273 e. The zero-order valence-corrected chi connectivity index (χ0v) is 19.9. The minimum Gasteiger partial charge on any atom is -0.485 e. The van der Waals surface area contributed by atoms with Crippen LogP contribution in [0.2, 0.25) is 0 Å². The lowest BCUT2D eigenvalue weighted by molar-refractivity contribution is -0.121. The number of aromatic nitrogens is 1. The molecule has 2 heterocycles. The minimum atomic E-state index is -0.341. The third-order valence-electron chi connectivity index (χ3n) is 5.53. The van der Waals surface area contributed by atoms with Gasteiger partial charge in [0, 0.05) is 12.1 Å². The predicted octanol–water partition coefficient (Wildman–Crippen LogP) is 3.62. The average molecular weight is 478 g/mol. The van der Waals surface area contributed by atoms with Crippen molar-refractivity contribution in [1.29, 1.82) is 0 Å². The van der Waals surface area contributed by atoms with Crippen LogP contribution in [0.4, 0.5) is 5.69 Å². The van der Waals surface area contributed by atoms with Crippen molar-refractivity contribution in [2.75, 3.05) is 24.7 Å². The average Bonchev–Trinajstić information content (AvgIpc) is 3.32. The number of ketones is 1. The van der Waals surface area contributed by atoms with Crippen molar-refractivity contribution in [1.82, 2.24) is 10.3 Å². The van der Waals surface area contributed by atoms with E-state index in [4.69, 9.17) is 13.9 Å². The van der Waals surface area contributed by atoms with Gasteiger partial charge in [-0.3, -0.25) is 19.3 Å². The number of nitrogens with one attached hydrogen (secondary N) is 1. The molecule has 1 aliphatic heterocycles. The fourth-order valence-corrected chi connectivity index (χ4v) is 3.69. The molecule has 0 spiro atoms. The van der Waals surface area contributed by atoms with Crippen LogP contribution in [0.15, 0.2) is 47.1 Å². The van der Waals surface area contributed by atoms with Crippen molar-refractivity contribution in [2.45, 2.75) is 33.7 Å². The molecule has 9 heteroatoms. The first kappa shape index (κ1) is 24.0. The van der Waals surface area contributed by atoms with Crippen LogP contribution in [0.25, 0.3) is 0 Å². The van der Waals surface area contributed by atoms with Gasteiger partial charge in [-0.2, -0.15) is 0 Å². The lowest BCUT2D eigenvalue weighted by Crippen LogP contribution is -2.38. The highest BCUT2D eigenvalue weighted by Crippen LogP contribution is 2.34. The van der Waals surface area contributed by atoms with E-state index in [2.05, 4.69) is 10.3 Å². The number of Topliss-reactive ketones (excluding diaryl/α,β-unsaturated/α-hetero) is 1. The molecule has 0 bridgehead atoms. The number of aryl methyl sites for hydroxylation is 2. The van der Waals surface area contributed by atoms with Gasteiger partial charge in [-0.25, -0.2) is 4.98 Å². The lowest BCUT2D eigenvalue weighted by atomic mass is 10.1. The van der Waals surface area contributed by atoms with Crippen LogP contribution in [0.1, 0.15) is 51.2 Å². The summed E-state index contributed by atoms with van der Waals surface area (Å²) >= 11 is 0. The fraction of sp³-hybridized carbons (Fsp3) is 0.308. The monoisotopic (exact) mass is 477 g/mol. The Morgan fingerprint density at radius 3 is 2.77 bits per heavy atom. The maximum absolute atomic E-state index is 12.8. The van der Waals surface area contributed by atoms with E-state index in [1.54, 1.807) is 18.2 Å². The molecule has 0 saturated carbocycles. The van der Waals surface area contributed by atoms with Crippen molar-refractivity contribution in [2.24, 2.45) is 0 Å². The van der Waals surface area contributed by atoms with Crippen LogP contribution in [-0.4, -0.2) is 42.3 Å². The molecule has 1 N–H and O–H groups in total. The molecule has 0 aliphatic carbocycles. The fourth-order valence-electron chi connectivity index (χ4n) is 3.69. The number of amides is 2. The summed E-state index contributed by atoms with van der Waals surface area (Å²) in [6.07, 6.45) is 2.06. The number of fused-ring (bicyclic) bond motifs is 1. The molecule has 35 heavy (non-hydrogen) atoms. The Labute approximate surface area is 203 Å². The largest absolute Gasteiger partial charge is 0.485 e. The molecule has 4 rings (SSSR count). The Bertz CT molecular complexity index is 1270. The van der Waals surface area contributed by atoms with Gasteiger partial charge in [-0.15, -0.1) is 0 Å². The molecule has 3 aromatic rings. The van der Waals surface area contributed by atoms with Gasteiger partial charge >= 0.3 is 0 Å². The van der Waals surface area contributed by atoms with Crippen LogP contribution in [-0.2, 0) is 11.3 Å². The second-order valence-corrected chi connectivity index (χ2v) is 8.31. The van der Waals surface area contributed by atoms with Crippen molar-refractivity contribution >= 4 is 23.3 Å². The van der Waals surface area contributed by atoms with Gasteiger partial charge in [0.1, 0.15) is 24.3 Å². The van der Waals surface area contributed by atoms with E-state index in [1.807, 2.05) is 39.0 Å². The molecular weight excluding hydrogens is 450 g/mol. The zero-order chi connectivity index (χ0) is 24.9. The van der Waals surface area contributed by atoms with E-state index < -0.39 is 0 Å². The zero-order valence-electron chi connectivity index (χ0n) is 19.9. The number of anilines is 1. The molecule has 1 aliphatic rings. The van der Waals surface area contributed by atoms with E-state index in [0.29, 0.717) is 29.3 Å². The number of rotatable bonds is 9. The Hall–Kier alpha value is -4.14. The van der Waals surface area contributed by atoms with E-state index in [9.17, 15) is 14.4 Å². The number of ether oxygens (including phenoxy) is 2. The molecule has 9 nitrogen and oxygen atoms in total. The molecule has 0 atom stereocenters. The molecule has 0 fully saturated rings. The standard InChI is InChI=1S/C26H27N3O6/c1-4-9-27-26(32)19-13-35-24(28-19)12-29-20-11-18(6-8-23(20)34-15-25(29)31)21(30)14-33-22-7-5-16(2)10-17(22)3/h5-8,10-11,13H,4,9,12,14-15H2,1-3H3,(H,27,32). The van der Waals surface area contributed by atoms with Gasteiger partial charge in [-0.1, -0.05) is 24.6 Å². The first-order valence-electron chi connectivity index (χ1n) is 11.4. The number of oxazole rings is 1.